The van der Waals surface area contributed by atoms with Gasteiger partial charge in [-0.15, -0.1) is 20.4 Å². The van der Waals surface area contributed by atoms with Crippen LogP contribution >= 0.6 is 23.1 Å². The third-order valence-electron chi connectivity index (χ3n) is 2.29. The van der Waals surface area contributed by atoms with Crippen LogP contribution in [0.5, 0.6) is 0 Å². The van der Waals surface area contributed by atoms with E-state index in [-0.39, 0.29) is 0 Å². The number of anilines is 1. The first-order chi connectivity index (χ1) is 8.86. The molecule has 3 heterocycles. The molecule has 0 bridgehead atoms. The zero-order valence-corrected chi connectivity index (χ0v) is 11.2. The van der Waals surface area contributed by atoms with E-state index in [2.05, 4.69) is 25.7 Å². The maximum atomic E-state index is 4.15. The van der Waals surface area contributed by atoms with Crippen molar-refractivity contribution in [3.8, 4) is 0 Å². The minimum absolute atomic E-state index is 0.745. The van der Waals surface area contributed by atoms with Crippen molar-refractivity contribution in [2.75, 3.05) is 12.4 Å². The Morgan fingerprint density at radius 3 is 3.06 bits per heavy atom. The van der Waals surface area contributed by atoms with E-state index in [1.165, 1.54) is 0 Å². The largest absolute Gasteiger partial charge is 0.363 e. The van der Waals surface area contributed by atoms with Gasteiger partial charge in [-0.25, -0.2) is 0 Å². The van der Waals surface area contributed by atoms with E-state index in [0.717, 1.165) is 26.7 Å². The predicted molar refractivity (Wildman–Crippen MR) is 72.0 cm³/mol. The van der Waals surface area contributed by atoms with Crippen molar-refractivity contribution in [2.45, 2.75) is 10.9 Å². The van der Waals surface area contributed by atoms with Gasteiger partial charge < -0.3 is 5.32 Å². The third-order valence-corrected chi connectivity index (χ3v) is 4.37. The van der Waals surface area contributed by atoms with Gasteiger partial charge in [0.25, 0.3) is 0 Å². The summed E-state index contributed by atoms with van der Waals surface area (Å²) in [6.45, 7) is 0. The van der Waals surface area contributed by atoms with Crippen LogP contribution in [0.15, 0.2) is 29.6 Å². The highest BCUT2D eigenvalue weighted by Crippen LogP contribution is 2.24. The van der Waals surface area contributed by atoms with Gasteiger partial charge in [0.2, 0.25) is 5.13 Å². The molecule has 0 aliphatic rings. The quantitative estimate of drug-likeness (QED) is 0.735. The Morgan fingerprint density at radius 2 is 2.22 bits per heavy atom. The fourth-order valence-corrected chi connectivity index (χ4v) is 3.06. The van der Waals surface area contributed by atoms with Crippen molar-refractivity contribution in [3.63, 3.8) is 0 Å². The molecule has 8 heteroatoms. The fourth-order valence-electron chi connectivity index (χ4n) is 1.46. The van der Waals surface area contributed by atoms with Gasteiger partial charge in [0.1, 0.15) is 5.01 Å². The summed E-state index contributed by atoms with van der Waals surface area (Å²) < 4.78 is 1.96. The van der Waals surface area contributed by atoms with Crippen molar-refractivity contribution in [3.05, 3.63) is 29.4 Å². The molecule has 0 saturated carbocycles. The molecular weight excluding hydrogens is 268 g/mol. The van der Waals surface area contributed by atoms with E-state index >= 15 is 0 Å². The third kappa shape index (κ3) is 2.16. The average molecular weight is 278 g/mol. The van der Waals surface area contributed by atoms with Crippen LogP contribution in [-0.4, -0.2) is 31.8 Å². The molecule has 18 heavy (non-hydrogen) atoms. The van der Waals surface area contributed by atoms with Crippen molar-refractivity contribution in [1.82, 2.24) is 24.8 Å². The first-order valence-electron chi connectivity index (χ1n) is 5.29. The lowest BCUT2D eigenvalue weighted by Gasteiger charge is -1.96. The summed E-state index contributed by atoms with van der Waals surface area (Å²) in [4.78, 5) is 0. The molecule has 3 aromatic heterocycles. The molecule has 0 aliphatic heterocycles. The summed E-state index contributed by atoms with van der Waals surface area (Å²) in [5.74, 6) is 0.745. The lowest BCUT2D eigenvalue weighted by Crippen LogP contribution is -1.87. The Hall–Kier alpha value is -1.67. The topological polar surface area (TPSA) is 68.0 Å². The van der Waals surface area contributed by atoms with Crippen LogP contribution in [0.25, 0.3) is 5.65 Å². The van der Waals surface area contributed by atoms with E-state index in [1.807, 2.05) is 35.8 Å². The SMILES string of the molecule is CNc1nnc(CSc2nnc3ccccn23)s1. The number of thioether (sulfide) groups is 1. The summed E-state index contributed by atoms with van der Waals surface area (Å²) in [5.41, 5.74) is 0.855. The Labute approximate surface area is 111 Å². The molecule has 0 atom stereocenters. The Balaban J connectivity index is 1.76. The second-order valence-corrected chi connectivity index (χ2v) is 5.46. The minimum Gasteiger partial charge on any atom is -0.363 e. The first-order valence-corrected chi connectivity index (χ1v) is 7.10. The molecule has 6 nitrogen and oxygen atoms in total. The van der Waals surface area contributed by atoms with Gasteiger partial charge in [0.15, 0.2) is 10.8 Å². The number of nitrogens with zero attached hydrogens (tertiary/aromatic N) is 5. The number of hydrogen-bond acceptors (Lipinski definition) is 7. The van der Waals surface area contributed by atoms with E-state index in [0.29, 0.717) is 0 Å². The lowest BCUT2D eigenvalue weighted by molar-refractivity contribution is 0.919. The van der Waals surface area contributed by atoms with Gasteiger partial charge in [0, 0.05) is 13.2 Å². The maximum Gasteiger partial charge on any atom is 0.205 e. The summed E-state index contributed by atoms with van der Waals surface area (Å²) >= 11 is 3.15. The molecule has 0 amide bonds. The molecule has 0 aromatic carbocycles. The van der Waals surface area contributed by atoms with E-state index in [4.69, 9.17) is 0 Å². The van der Waals surface area contributed by atoms with Gasteiger partial charge in [-0.1, -0.05) is 29.2 Å². The van der Waals surface area contributed by atoms with Crippen LogP contribution in [-0.2, 0) is 5.75 Å². The molecule has 0 aliphatic carbocycles. The smallest absolute Gasteiger partial charge is 0.205 e. The summed E-state index contributed by atoms with van der Waals surface area (Å²) in [6, 6.07) is 5.84. The highest BCUT2D eigenvalue weighted by atomic mass is 32.2. The number of nitrogens with one attached hydrogen (secondary N) is 1. The van der Waals surface area contributed by atoms with Crippen molar-refractivity contribution in [1.29, 1.82) is 0 Å². The van der Waals surface area contributed by atoms with Crippen molar-refractivity contribution in [2.24, 2.45) is 0 Å². The van der Waals surface area contributed by atoms with Crippen LogP contribution in [0.2, 0.25) is 0 Å². The summed E-state index contributed by atoms with van der Waals surface area (Å²) in [5, 5.41) is 22.0. The Bertz CT molecular complexity index is 661. The average Bonchev–Trinajstić information content (AvgIpc) is 3.03. The first kappa shape index (κ1) is 11.4. The maximum absolute atomic E-state index is 4.15. The number of rotatable bonds is 4. The Morgan fingerprint density at radius 1 is 1.28 bits per heavy atom. The molecule has 0 saturated heterocycles. The van der Waals surface area contributed by atoms with E-state index in [1.54, 1.807) is 23.1 Å². The van der Waals surface area contributed by atoms with Gasteiger partial charge in [-0.3, -0.25) is 4.40 Å². The predicted octanol–water partition coefficient (Wildman–Crippen LogP) is 1.91. The van der Waals surface area contributed by atoms with Gasteiger partial charge in [0.05, 0.1) is 5.75 Å². The molecule has 3 rings (SSSR count). The molecule has 0 fully saturated rings. The standard InChI is InChI=1S/C10H10N6S2/c1-11-9-14-13-8(18-9)6-17-10-15-12-7-4-2-3-5-16(7)10/h2-5H,6H2,1H3,(H,11,14). The van der Waals surface area contributed by atoms with Crippen LogP contribution in [0.1, 0.15) is 5.01 Å². The molecule has 1 N–H and O–H groups in total. The van der Waals surface area contributed by atoms with Crippen LogP contribution in [0.4, 0.5) is 5.13 Å². The number of fused-ring (bicyclic) bond motifs is 1. The number of hydrogen-bond donors (Lipinski definition) is 1. The van der Waals surface area contributed by atoms with Crippen LogP contribution < -0.4 is 5.32 Å². The minimum atomic E-state index is 0.745. The second kappa shape index (κ2) is 4.91. The molecule has 0 radical (unpaired) electrons. The highest BCUT2D eigenvalue weighted by molar-refractivity contribution is 7.98. The van der Waals surface area contributed by atoms with Gasteiger partial charge in [-0.05, 0) is 12.1 Å². The highest BCUT2D eigenvalue weighted by Gasteiger charge is 2.08. The van der Waals surface area contributed by atoms with Crippen LogP contribution in [0, 0.1) is 0 Å². The van der Waals surface area contributed by atoms with Crippen molar-refractivity contribution >= 4 is 33.9 Å². The van der Waals surface area contributed by atoms with Crippen LogP contribution in [0.3, 0.4) is 0 Å². The van der Waals surface area contributed by atoms with E-state index < -0.39 is 0 Å². The molecule has 3 aromatic rings. The zero-order chi connectivity index (χ0) is 12.4. The molecule has 0 unspecified atom stereocenters. The summed E-state index contributed by atoms with van der Waals surface area (Å²) in [7, 11) is 1.84. The van der Waals surface area contributed by atoms with Gasteiger partial charge in [-0.2, -0.15) is 0 Å². The number of aromatic nitrogens is 5. The summed E-state index contributed by atoms with van der Waals surface area (Å²) in [6.07, 6.45) is 1.96. The Kier molecular flexibility index (Phi) is 3.11. The zero-order valence-electron chi connectivity index (χ0n) is 9.57. The van der Waals surface area contributed by atoms with E-state index in [9.17, 15) is 0 Å². The molecule has 0 spiro atoms. The van der Waals surface area contributed by atoms with Crippen molar-refractivity contribution < 1.29 is 0 Å². The lowest BCUT2D eigenvalue weighted by atomic mass is 10.5. The number of pyridine rings is 1. The van der Waals surface area contributed by atoms with Gasteiger partial charge >= 0.3 is 0 Å². The fraction of sp³-hybridized carbons (Fsp3) is 0.200. The monoisotopic (exact) mass is 278 g/mol. The molecular formula is C10H10N6S2. The molecule has 92 valence electrons. The second-order valence-electron chi connectivity index (χ2n) is 3.45. The normalized spacial score (nSPS) is 10.9.